The lowest BCUT2D eigenvalue weighted by atomic mass is 10.1. The minimum atomic E-state index is -3.70. The molecule has 3 rings (SSSR count). The number of hydrogen-bond acceptors (Lipinski definition) is 6. The maximum Gasteiger partial charge on any atom is 0.543 e. The largest absolute Gasteiger partial charge is 0.543 e. The molecule has 35 heavy (non-hydrogen) atoms. The number of fused-ring (bicyclic) bond motifs is 1. The zero-order valence-electron chi connectivity index (χ0n) is 21.8. The lowest BCUT2D eigenvalue weighted by Crippen LogP contribution is -2.64. The molecule has 0 aliphatic carbocycles. The Morgan fingerprint density at radius 2 is 1.23 bits per heavy atom. The molecule has 190 valence electrons. The van der Waals surface area contributed by atoms with Crippen molar-refractivity contribution in [1.82, 2.24) is 0 Å². The zero-order chi connectivity index (χ0) is 25.5. The zero-order valence-corrected chi connectivity index (χ0v) is 22.8. The third-order valence-corrected chi connectivity index (χ3v) is 7.74. The average molecular weight is 499 g/mol. The molecule has 3 aromatic rings. The minimum Gasteiger partial charge on any atom is -0.373 e. The molecule has 0 radical (unpaired) electrons. The second-order valence-electron chi connectivity index (χ2n) is 9.16. The van der Waals surface area contributed by atoms with E-state index in [0.29, 0.717) is 0 Å². The van der Waals surface area contributed by atoms with Gasteiger partial charge in [0.2, 0.25) is 0 Å². The van der Waals surface area contributed by atoms with Crippen molar-refractivity contribution in [2.75, 3.05) is 7.11 Å². The molecule has 0 aromatic heterocycles. The fraction of sp³-hybridized carbons (Fsp3) is 0.429. The van der Waals surface area contributed by atoms with E-state index in [1.54, 1.807) is 7.11 Å². The molecule has 0 fully saturated rings. The van der Waals surface area contributed by atoms with Crippen LogP contribution in [0.2, 0.25) is 0 Å². The van der Waals surface area contributed by atoms with E-state index in [2.05, 4.69) is 12.1 Å². The molecule has 0 heterocycles. The predicted molar refractivity (Wildman–Crippen MR) is 140 cm³/mol. The molecule has 7 heteroatoms. The van der Waals surface area contributed by atoms with Gasteiger partial charge in [0.1, 0.15) is 0 Å². The highest BCUT2D eigenvalue weighted by atomic mass is 28.4. The van der Waals surface area contributed by atoms with Gasteiger partial charge in [-0.2, -0.15) is 0 Å². The number of hydrogen-bond donors (Lipinski definition) is 0. The lowest BCUT2D eigenvalue weighted by molar-refractivity contribution is -0.502. The molecule has 0 saturated heterocycles. The SMILES string of the molecule is CO[Si](OCc1ccccc1)(OC(OC(C)C)(OC(C)C)OC(C)C)c1cccc2ccccc12. The maximum atomic E-state index is 6.75. The molecule has 0 aliphatic rings. The Morgan fingerprint density at radius 3 is 1.80 bits per heavy atom. The van der Waals surface area contributed by atoms with Crippen molar-refractivity contribution < 1.29 is 27.5 Å². The molecule has 0 N–H and O–H groups in total. The van der Waals surface area contributed by atoms with Crippen LogP contribution in [-0.2, 0) is 34.1 Å². The van der Waals surface area contributed by atoms with Gasteiger partial charge in [0.25, 0.3) is 0 Å². The molecule has 0 amide bonds. The molecule has 3 aromatic carbocycles. The summed E-state index contributed by atoms with van der Waals surface area (Å²) >= 11 is 0. The van der Waals surface area contributed by atoms with Crippen LogP contribution in [0.1, 0.15) is 47.1 Å². The second kappa shape index (κ2) is 12.2. The van der Waals surface area contributed by atoms with Crippen molar-refractivity contribution in [3.63, 3.8) is 0 Å². The first-order valence-corrected chi connectivity index (χ1v) is 13.9. The Bertz CT molecular complexity index is 1020. The highest BCUT2D eigenvalue weighted by molar-refractivity contribution is 6.77. The van der Waals surface area contributed by atoms with E-state index >= 15 is 0 Å². The number of benzene rings is 3. The van der Waals surface area contributed by atoms with Crippen LogP contribution in [0.5, 0.6) is 0 Å². The molecule has 0 aliphatic heterocycles. The van der Waals surface area contributed by atoms with Gasteiger partial charge in [-0.1, -0.05) is 72.8 Å². The number of rotatable bonds is 13. The summed E-state index contributed by atoms with van der Waals surface area (Å²) in [4.78, 5) is 0. The van der Waals surface area contributed by atoms with Gasteiger partial charge in [-0.3, -0.25) is 4.43 Å². The van der Waals surface area contributed by atoms with Crippen molar-refractivity contribution in [3.05, 3.63) is 78.4 Å². The van der Waals surface area contributed by atoms with Crippen molar-refractivity contribution >= 4 is 24.8 Å². The average Bonchev–Trinajstić information content (AvgIpc) is 2.81. The topological polar surface area (TPSA) is 55.4 Å². The molecular weight excluding hydrogens is 460 g/mol. The first-order valence-electron chi connectivity index (χ1n) is 12.1. The first-order chi connectivity index (χ1) is 16.7. The molecule has 1 atom stereocenters. The molecule has 0 spiro atoms. The summed E-state index contributed by atoms with van der Waals surface area (Å²) in [6.45, 7) is 11.7. The minimum absolute atomic E-state index is 0.252. The van der Waals surface area contributed by atoms with Crippen LogP contribution < -0.4 is 5.19 Å². The molecular formula is C28H38O6Si. The quantitative estimate of drug-likeness (QED) is 0.221. The highest BCUT2D eigenvalue weighted by Crippen LogP contribution is 2.31. The normalized spacial score (nSPS) is 14.2. The standard InChI is InChI=1S/C28H38O6Si/c1-21(2)31-28(32-22(3)4,33-23(5)6)34-35(29-7,30-20-24-14-9-8-10-15-24)27-19-13-17-25-16-11-12-18-26(25)27/h8-19,21-23H,20H2,1-7H3. The van der Waals surface area contributed by atoms with Gasteiger partial charge >= 0.3 is 15.0 Å². The fourth-order valence-corrected chi connectivity index (χ4v) is 6.24. The summed E-state index contributed by atoms with van der Waals surface area (Å²) in [5.41, 5.74) is 0.996. The Morgan fingerprint density at radius 1 is 0.686 bits per heavy atom. The van der Waals surface area contributed by atoms with Gasteiger partial charge in [-0.25, -0.2) is 0 Å². The van der Waals surface area contributed by atoms with Crippen molar-refractivity contribution in [2.24, 2.45) is 0 Å². The Kier molecular flexibility index (Phi) is 9.60. The van der Waals surface area contributed by atoms with Crippen molar-refractivity contribution in [2.45, 2.75) is 72.6 Å². The third-order valence-electron chi connectivity index (χ3n) is 5.06. The van der Waals surface area contributed by atoms with Crippen LogP contribution in [0, 0.1) is 0 Å². The second-order valence-corrected chi connectivity index (χ2v) is 11.7. The van der Waals surface area contributed by atoms with Gasteiger partial charge in [-0.15, -0.1) is 0 Å². The fourth-order valence-electron chi connectivity index (χ4n) is 3.80. The van der Waals surface area contributed by atoms with Crippen LogP contribution in [0.15, 0.2) is 72.8 Å². The monoisotopic (exact) mass is 498 g/mol. The highest BCUT2D eigenvalue weighted by Gasteiger charge is 2.55. The van der Waals surface area contributed by atoms with Crippen LogP contribution in [0.3, 0.4) is 0 Å². The van der Waals surface area contributed by atoms with Gasteiger partial charge in [-0.05, 0) is 57.9 Å². The smallest absolute Gasteiger partial charge is 0.373 e. The first kappa shape index (κ1) is 27.5. The Labute approximate surface area is 210 Å². The molecule has 0 saturated carbocycles. The lowest BCUT2D eigenvalue weighted by Gasteiger charge is -2.41. The van der Waals surface area contributed by atoms with E-state index in [9.17, 15) is 0 Å². The van der Waals surface area contributed by atoms with Gasteiger partial charge in [0.05, 0.1) is 24.9 Å². The van der Waals surface area contributed by atoms with E-state index in [-0.39, 0.29) is 24.9 Å². The van der Waals surface area contributed by atoms with Gasteiger partial charge in [0, 0.05) is 12.3 Å². The summed E-state index contributed by atoms with van der Waals surface area (Å²) in [5.74, 6) is 0. The van der Waals surface area contributed by atoms with Crippen LogP contribution in [0.4, 0.5) is 0 Å². The molecule has 6 nitrogen and oxygen atoms in total. The van der Waals surface area contributed by atoms with Crippen LogP contribution in [-0.4, -0.2) is 40.4 Å². The number of ether oxygens (including phenoxy) is 3. The van der Waals surface area contributed by atoms with E-state index in [4.69, 9.17) is 27.5 Å². The molecule has 1 unspecified atom stereocenters. The van der Waals surface area contributed by atoms with E-state index < -0.39 is 15.0 Å². The van der Waals surface area contributed by atoms with E-state index in [0.717, 1.165) is 21.5 Å². The van der Waals surface area contributed by atoms with Gasteiger partial charge in [0.15, 0.2) is 0 Å². The summed E-state index contributed by atoms with van der Waals surface area (Å²) in [5, 5.41) is 2.84. The van der Waals surface area contributed by atoms with E-state index in [1.807, 2.05) is 102 Å². The van der Waals surface area contributed by atoms with Crippen molar-refractivity contribution in [3.8, 4) is 0 Å². The Balaban J connectivity index is 2.17. The predicted octanol–water partition coefficient (Wildman–Crippen LogP) is 5.75. The van der Waals surface area contributed by atoms with Gasteiger partial charge < -0.3 is 23.1 Å². The maximum absolute atomic E-state index is 6.75. The summed E-state index contributed by atoms with van der Waals surface area (Å²) in [6.07, 6.45) is -2.58. The van der Waals surface area contributed by atoms with Crippen LogP contribution in [0.25, 0.3) is 10.8 Å². The molecule has 0 bridgehead atoms. The van der Waals surface area contributed by atoms with E-state index in [1.165, 1.54) is 0 Å². The summed E-state index contributed by atoms with van der Waals surface area (Å²) in [6, 6.07) is 24.0. The summed E-state index contributed by atoms with van der Waals surface area (Å²) < 4.78 is 38.2. The Hall–Kier alpha value is -2.10. The van der Waals surface area contributed by atoms with Crippen molar-refractivity contribution in [1.29, 1.82) is 0 Å². The van der Waals surface area contributed by atoms with Crippen LogP contribution >= 0.6 is 0 Å². The third kappa shape index (κ3) is 7.21. The summed E-state index contributed by atoms with van der Waals surface area (Å²) in [7, 11) is -2.10.